The summed E-state index contributed by atoms with van der Waals surface area (Å²) >= 11 is 0. The number of carbonyl (C=O) groups is 1. The minimum atomic E-state index is -4.59. The van der Waals surface area contributed by atoms with Gasteiger partial charge in [0.15, 0.2) is 0 Å². The van der Waals surface area contributed by atoms with E-state index in [-0.39, 0.29) is 11.4 Å². The molecule has 0 aliphatic carbocycles. The van der Waals surface area contributed by atoms with Crippen molar-refractivity contribution in [3.05, 3.63) is 23.8 Å². The number of nitrogens with one attached hydrogen (secondary N) is 1. The van der Waals surface area contributed by atoms with Crippen LogP contribution in [0.1, 0.15) is 25.3 Å². The van der Waals surface area contributed by atoms with Crippen LogP contribution in [0.4, 0.5) is 24.5 Å². The Morgan fingerprint density at radius 1 is 1.38 bits per heavy atom. The molecule has 0 aliphatic heterocycles. The molecule has 0 heterocycles. The third-order valence-electron chi connectivity index (χ3n) is 2.66. The van der Waals surface area contributed by atoms with Crippen LogP contribution in [0.15, 0.2) is 18.2 Å². The van der Waals surface area contributed by atoms with E-state index in [0.29, 0.717) is 5.75 Å². The highest BCUT2D eigenvalue weighted by Gasteiger charge is 2.33. The molecule has 1 aromatic carbocycles. The quantitative estimate of drug-likeness (QED) is 0.791. The third kappa shape index (κ3) is 5.74. The molecule has 1 unspecified atom stereocenters. The van der Waals surface area contributed by atoms with Crippen LogP contribution in [0, 0.1) is 0 Å². The van der Waals surface area contributed by atoms with Gasteiger partial charge in [0, 0.05) is 27.9 Å². The Kier molecular flexibility index (Phi) is 6.19. The number of carbonyl (C=O) groups excluding carboxylic acids is 1. The van der Waals surface area contributed by atoms with E-state index < -0.39 is 34.1 Å². The summed E-state index contributed by atoms with van der Waals surface area (Å²) in [7, 11) is -1.31. The van der Waals surface area contributed by atoms with Gasteiger partial charge in [-0.15, -0.1) is 0 Å². The second kappa shape index (κ2) is 7.44. The van der Waals surface area contributed by atoms with Gasteiger partial charge in [-0.05, 0) is 24.6 Å². The molecule has 0 aromatic heterocycles. The molecule has 1 atom stereocenters. The number of nitrogens with two attached hydrogens (primary N) is 1. The number of rotatable bonds is 6. The average Bonchev–Trinajstić information content (AvgIpc) is 2.37. The van der Waals surface area contributed by atoms with E-state index in [1.54, 1.807) is 0 Å². The Morgan fingerprint density at radius 2 is 2.05 bits per heavy atom. The minimum Gasteiger partial charge on any atom is -0.398 e. The molecule has 21 heavy (non-hydrogen) atoms. The smallest absolute Gasteiger partial charge is 0.398 e. The van der Waals surface area contributed by atoms with E-state index in [2.05, 4.69) is 5.32 Å². The van der Waals surface area contributed by atoms with Crippen LogP contribution >= 0.6 is 0 Å². The van der Waals surface area contributed by atoms with Crippen molar-refractivity contribution in [3.8, 4) is 0 Å². The van der Waals surface area contributed by atoms with Gasteiger partial charge < -0.3 is 11.1 Å². The molecule has 3 N–H and O–H groups in total. The molecule has 0 fully saturated rings. The lowest BCUT2D eigenvalue weighted by Gasteiger charge is -2.12. The predicted octanol–water partition coefficient (Wildman–Crippen LogP) is 2.77. The van der Waals surface area contributed by atoms with Crippen molar-refractivity contribution in [1.29, 1.82) is 0 Å². The van der Waals surface area contributed by atoms with Gasteiger partial charge in [-0.25, -0.2) is 0 Å². The van der Waals surface area contributed by atoms with E-state index in [4.69, 9.17) is 5.73 Å². The monoisotopic (exact) mass is 322 g/mol. The SMILES string of the molecule is CCCCS(=O)CC(=O)Nc1ccc(N)c(C(F)(F)F)c1. The first-order valence-electron chi connectivity index (χ1n) is 6.35. The number of benzene rings is 1. The predicted molar refractivity (Wildman–Crippen MR) is 77.3 cm³/mol. The summed E-state index contributed by atoms with van der Waals surface area (Å²) in [5.41, 5.74) is 3.82. The summed E-state index contributed by atoms with van der Waals surface area (Å²) in [6.07, 6.45) is -2.99. The van der Waals surface area contributed by atoms with E-state index in [1.165, 1.54) is 6.07 Å². The van der Waals surface area contributed by atoms with Crippen molar-refractivity contribution in [2.75, 3.05) is 22.6 Å². The molecule has 8 heteroatoms. The minimum absolute atomic E-state index is 0.0194. The van der Waals surface area contributed by atoms with Gasteiger partial charge in [0.05, 0.1) is 5.56 Å². The lowest BCUT2D eigenvalue weighted by atomic mass is 10.1. The fourth-order valence-electron chi connectivity index (χ4n) is 1.60. The lowest BCUT2D eigenvalue weighted by molar-refractivity contribution is -0.136. The molecule has 0 radical (unpaired) electrons. The molecule has 1 aromatic rings. The van der Waals surface area contributed by atoms with Crippen molar-refractivity contribution in [3.63, 3.8) is 0 Å². The highest BCUT2D eigenvalue weighted by atomic mass is 32.2. The van der Waals surface area contributed by atoms with Gasteiger partial charge in [0.2, 0.25) is 5.91 Å². The Bertz CT molecular complexity index is 533. The van der Waals surface area contributed by atoms with Crippen molar-refractivity contribution in [1.82, 2.24) is 0 Å². The molecule has 1 rings (SSSR count). The molecule has 1 amide bonds. The Labute approximate surface area is 123 Å². The van der Waals surface area contributed by atoms with Gasteiger partial charge in [-0.2, -0.15) is 13.2 Å². The zero-order valence-electron chi connectivity index (χ0n) is 11.5. The van der Waals surface area contributed by atoms with Crippen LogP contribution in [-0.4, -0.2) is 21.6 Å². The highest BCUT2D eigenvalue weighted by molar-refractivity contribution is 7.85. The first kappa shape index (κ1) is 17.5. The van der Waals surface area contributed by atoms with Crippen LogP contribution in [0.25, 0.3) is 0 Å². The first-order valence-corrected chi connectivity index (χ1v) is 7.84. The van der Waals surface area contributed by atoms with E-state index in [9.17, 15) is 22.2 Å². The molecular formula is C13H17F3N2O2S. The van der Waals surface area contributed by atoms with Crippen LogP contribution in [0.2, 0.25) is 0 Å². The zero-order valence-corrected chi connectivity index (χ0v) is 12.3. The Morgan fingerprint density at radius 3 is 2.62 bits per heavy atom. The van der Waals surface area contributed by atoms with Crippen LogP contribution < -0.4 is 11.1 Å². The summed E-state index contributed by atoms with van der Waals surface area (Å²) in [5.74, 6) is -0.409. The molecule has 0 saturated carbocycles. The van der Waals surface area contributed by atoms with E-state index >= 15 is 0 Å². The number of unbranched alkanes of at least 4 members (excludes halogenated alkanes) is 1. The average molecular weight is 322 g/mol. The normalized spacial score (nSPS) is 13.0. The van der Waals surface area contributed by atoms with E-state index in [0.717, 1.165) is 25.0 Å². The molecule has 0 aliphatic rings. The summed E-state index contributed by atoms with van der Waals surface area (Å²) < 4.78 is 49.6. The third-order valence-corrected chi connectivity index (χ3v) is 3.99. The highest BCUT2D eigenvalue weighted by Crippen LogP contribution is 2.35. The van der Waals surface area contributed by atoms with Crippen molar-refractivity contribution in [2.45, 2.75) is 25.9 Å². The Balaban J connectivity index is 2.71. The summed E-state index contributed by atoms with van der Waals surface area (Å²) in [6, 6.07) is 3.12. The molecule has 4 nitrogen and oxygen atoms in total. The zero-order chi connectivity index (χ0) is 16.0. The topological polar surface area (TPSA) is 72.2 Å². The maximum absolute atomic E-state index is 12.7. The van der Waals surface area contributed by atoms with Crippen molar-refractivity contribution < 1.29 is 22.2 Å². The fourth-order valence-corrected chi connectivity index (χ4v) is 2.72. The first-order chi connectivity index (χ1) is 9.74. The maximum Gasteiger partial charge on any atom is 0.418 e. The van der Waals surface area contributed by atoms with E-state index in [1.807, 2.05) is 6.92 Å². The van der Waals surface area contributed by atoms with Crippen molar-refractivity contribution in [2.24, 2.45) is 0 Å². The van der Waals surface area contributed by atoms with Crippen molar-refractivity contribution >= 4 is 28.1 Å². The lowest BCUT2D eigenvalue weighted by Crippen LogP contribution is -2.21. The molecule has 0 spiro atoms. The second-order valence-corrected chi connectivity index (χ2v) is 6.07. The number of halogens is 3. The van der Waals surface area contributed by atoms with Gasteiger partial charge in [0.25, 0.3) is 0 Å². The fraction of sp³-hybridized carbons (Fsp3) is 0.462. The standard InChI is InChI=1S/C13H17F3N2O2S/c1-2-3-6-21(20)8-12(19)18-9-4-5-11(17)10(7-9)13(14,15)16/h4-5,7H,2-3,6,8,17H2,1H3,(H,18,19). The molecule has 0 saturated heterocycles. The largest absolute Gasteiger partial charge is 0.418 e. The number of amides is 1. The van der Waals surface area contributed by atoms with Gasteiger partial charge in [-0.1, -0.05) is 13.3 Å². The second-order valence-electron chi connectivity index (χ2n) is 4.49. The van der Waals surface area contributed by atoms with Crippen LogP contribution in [-0.2, 0) is 21.8 Å². The van der Waals surface area contributed by atoms with Crippen LogP contribution in [0.5, 0.6) is 0 Å². The van der Waals surface area contributed by atoms with Crippen LogP contribution in [0.3, 0.4) is 0 Å². The molecule has 0 bridgehead atoms. The number of nitrogen functional groups attached to an aromatic ring is 1. The molecule has 118 valence electrons. The Hall–Kier alpha value is -1.57. The molecular weight excluding hydrogens is 305 g/mol. The summed E-state index contributed by atoms with van der Waals surface area (Å²) in [4.78, 5) is 11.6. The number of anilines is 2. The number of hydrogen-bond donors (Lipinski definition) is 2. The van der Waals surface area contributed by atoms with Gasteiger partial charge >= 0.3 is 6.18 Å². The maximum atomic E-state index is 12.7. The number of alkyl halides is 3. The summed E-state index contributed by atoms with van der Waals surface area (Å²) in [5, 5.41) is 2.30. The summed E-state index contributed by atoms with van der Waals surface area (Å²) in [6.45, 7) is 1.93. The van der Waals surface area contributed by atoms with Gasteiger partial charge in [0.1, 0.15) is 5.75 Å². The number of hydrogen-bond acceptors (Lipinski definition) is 3. The van der Waals surface area contributed by atoms with Gasteiger partial charge in [-0.3, -0.25) is 9.00 Å².